The number of halogens is 1. The maximum Gasteiger partial charge on any atom is 0.222 e. The molecule has 1 amide bonds. The molecule has 0 radical (unpaired) electrons. The van der Waals surface area contributed by atoms with E-state index in [1.54, 1.807) is 0 Å². The van der Waals surface area contributed by atoms with Crippen molar-refractivity contribution < 1.29 is 13.9 Å². The molecule has 0 saturated heterocycles. The first-order valence-corrected chi connectivity index (χ1v) is 11.3. The fourth-order valence-corrected chi connectivity index (χ4v) is 3.69. The molecule has 2 heterocycles. The fraction of sp³-hybridized carbons (Fsp3) is 0.208. The molecule has 4 rings (SSSR count). The van der Waals surface area contributed by atoms with Gasteiger partial charge in [-0.3, -0.25) is 14.5 Å². The minimum absolute atomic E-state index is 0.111. The number of furan rings is 1. The number of nitrogens with zero attached hydrogens (tertiary/aromatic N) is 2. The number of carbonyl (C=O) groups is 1. The number of rotatable bonds is 9. The highest BCUT2D eigenvalue weighted by Gasteiger charge is 2.12. The van der Waals surface area contributed by atoms with E-state index < -0.39 is 0 Å². The Morgan fingerprint density at radius 1 is 1.12 bits per heavy atom. The van der Waals surface area contributed by atoms with Crippen LogP contribution < -0.4 is 10.1 Å². The molecule has 2 N–H and O–H groups in total. The summed E-state index contributed by atoms with van der Waals surface area (Å²) in [6.07, 6.45) is 0.253. The van der Waals surface area contributed by atoms with E-state index in [1.807, 2.05) is 72.2 Å². The van der Waals surface area contributed by atoms with Gasteiger partial charge in [-0.05, 0) is 79.8 Å². The van der Waals surface area contributed by atoms with E-state index in [0.717, 1.165) is 22.6 Å². The van der Waals surface area contributed by atoms with Crippen LogP contribution in [0.25, 0.3) is 22.7 Å². The number of aromatic nitrogens is 3. The molecule has 2 aromatic heterocycles. The zero-order chi connectivity index (χ0) is 23.2. The van der Waals surface area contributed by atoms with Crippen molar-refractivity contribution in [3.8, 4) is 28.5 Å². The SMILES string of the molecule is CCOc1ccc(-c2n[nH]c(=S)n2CCC(=O)NCc2ccc(-c3ccc(Cl)cc3)o2)cc1. The molecular formula is C24H23ClN4O3S. The standard InChI is InChI=1S/C24H23ClN4O3S/c1-2-31-19-9-5-17(6-10-19)23-27-28-24(33)29(23)14-13-22(30)26-15-20-11-12-21(32-20)16-3-7-18(25)8-4-16/h3-12H,2,13-15H2,1H3,(H,26,30)(H,28,33). The van der Waals surface area contributed by atoms with Gasteiger partial charge in [0.25, 0.3) is 0 Å². The highest BCUT2D eigenvalue weighted by Crippen LogP contribution is 2.24. The third-order valence-corrected chi connectivity index (χ3v) is 5.56. The first-order chi connectivity index (χ1) is 16.0. The van der Waals surface area contributed by atoms with Crippen LogP contribution in [0.1, 0.15) is 19.1 Å². The summed E-state index contributed by atoms with van der Waals surface area (Å²) in [5.41, 5.74) is 1.81. The minimum Gasteiger partial charge on any atom is -0.494 e. The summed E-state index contributed by atoms with van der Waals surface area (Å²) < 4.78 is 13.6. The Hall–Kier alpha value is -3.36. The number of hydrogen-bond donors (Lipinski definition) is 2. The fourth-order valence-electron chi connectivity index (χ4n) is 3.34. The van der Waals surface area contributed by atoms with Crippen molar-refractivity contribution in [2.24, 2.45) is 0 Å². The molecule has 0 spiro atoms. The molecule has 33 heavy (non-hydrogen) atoms. The van der Waals surface area contributed by atoms with Crippen LogP contribution >= 0.6 is 23.8 Å². The number of H-pyrrole nitrogens is 1. The molecule has 0 unspecified atom stereocenters. The van der Waals surface area contributed by atoms with E-state index in [1.165, 1.54) is 0 Å². The first kappa shape index (κ1) is 22.8. The lowest BCUT2D eigenvalue weighted by Gasteiger charge is -2.08. The second-order valence-electron chi connectivity index (χ2n) is 7.26. The minimum atomic E-state index is -0.111. The van der Waals surface area contributed by atoms with Crippen molar-refractivity contribution in [1.29, 1.82) is 0 Å². The summed E-state index contributed by atoms with van der Waals surface area (Å²) in [5.74, 6) is 2.75. The van der Waals surface area contributed by atoms with Crippen LogP contribution in [-0.4, -0.2) is 27.3 Å². The smallest absolute Gasteiger partial charge is 0.222 e. The molecule has 4 aromatic rings. The molecule has 7 nitrogen and oxygen atoms in total. The largest absolute Gasteiger partial charge is 0.494 e. The van der Waals surface area contributed by atoms with Crippen LogP contribution in [0.4, 0.5) is 0 Å². The maximum atomic E-state index is 12.4. The van der Waals surface area contributed by atoms with Gasteiger partial charge in [-0.1, -0.05) is 11.6 Å². The van der Waals surface area contributed by atoms with Crippen LogP contribution in [0.15, 0.2) is 65.1 Å². The second kappa shape index (κ2) is 10.5. The van der Waals surface area contributed by atoms with Gasteiger partial charge in [0, 0.05) is 29.1 Å². The van der Waals surface area contributed by atoms with Crippen LogP contribution in [0.3, 0.4) is 0 Å². The second-order valence-corrected chi connectivity index (χ2v) is 8.08. The normalized spacial score (nSPS) is 10.8. The Labute approximate surface area is 201 Å². The molecule has 0 saturated carbocycles. The van der Waals surface area contributed by atoms with Crippen LogP contribution in [-0.2, 0) is 17.9 Å². The number of ether oxygens (including phenoxy) is 1. The molecule has 0 atom stereocenters. The Morgan fingerprint density at radius 2 is 1.85 bits per heavy atom. The van der Waals surface area contributed by atoms with Crippen molar-refractivity contribution in [1.82, 2.24) is 20.1 Å². The van der Waals surface area contributed by atoms with Crippen LogP contribution in [0.2, 0.25) is 5.02 Å². The highest BCUT2D eigenvalue weighted by atomic mass is 35.5. The van der Waals surface area contributed by atoms with Gasteiger partial charge in [-0.25, -0.2) is 0 Å². The van der Waals surface area contributed by atoms with Gasteiger partial charge in [0.15, 0.2) is 10.6 Å². The number of nitrogens with one attached hydrogen (secondary N) is 2. The Balaban J connectivity index is 1.34. The molecule has 0 aliphatic rings. The van der Waals surface area contributed by atoms with Crippen molar-refractivity contribution in [2.75, 3.05) is 6.61 Å². The van der Waals surface area contributed by atoms with Gasteiger partial charge in [0.05, 0.1) is 13.2 Å². The summed E-state index contributed by atoms with van der Waals surface area (Å²) in [7, 11) is 0. The van der Waals surface area contributed by atoms with Gasteiger partial charge in [0.2, 0.25) is 5.91 Å². The lowest BCUT2D eigenvalue weighted by molar-refractivity contribution is -0.121. The van der Waals surface area contributed by atoms with Gasteiger partial charge >= 0.3 is 0 Å². The van der Waals surface area contributed by atoms with Gasteiger partial charge < -0.3 is 14.5 Å². The topological polar surface area (TPSA) is 85.1 Å². The molecule has 0 fully saturated rings. The molecule has 9 heteroatoms. The summed E-state index contributed by atoms with van der Waals surface area (Å²) in [5, 5.41) is 10.7. The van der Waals surface area contributed by atoms with E-state index in [9.17, 15) is 4.79 Å². The predicted molar refractivity (Wildman–Crippen MR) is 130 cm³/mol. The van der Waals surface area contributed by atoms with E-state index in [4.69, 9.17) is 33.0 Å². The first-order valence-electron chi connectivity index (χ1n) is 10.5. The Morgan fingerprint density at radius 3 is 2.58 bits per heavy atom. The van der Waals surface area contributed by atoms with Gasteiger partial charge in [-0.15, -0.1) is 0 Å². The molecule has 0 bridgehead atoms. The third-order valence-electron chi connectivity index (χ3n) is 4.99. The number of carbonyl (C=O) groups excluding carboxylic acids is 1. The van der Waals surface area contributed by atoms with Crippen LogP contribution in [0.5, 0.6) is 5.75 Å². The molecule has 170 valence electrons. The zero-order valence-corrected chi connectivity index (χ0v) is 19.6. The third kappa shape index (κ3) is 5.71. The number of aromatic amines is 1. The molecular weight excluding hydrogens is 460 g/mol. The quantitative estimate of drug-likeness (QED) is 0.302. The van der Waals surface area contributed by atoms with E-state index in [2.05, 4.69) is 15.5 Å². The summed E-state index contributed by atoms with van der Waals surface area (Å²) in [4.78, 5) is 12.4. The maximum absolute atomic E-state index is 12.4. The number of amides is 1. The Kier molecular flexibility index (Phi) is 7.26. The molecule has 2 aromatic carbocycles. The average Bonchev–Trinajstić information content (AvgIpc) is 3.44. The van der Waals surface area contributed by atoms with Crippen molar-refractivity contribution in [2.45, 2.75) is 26.4 Å². The van der Waals surface area contributed by atoms with Crippen molar-refractivity contribution in [3.05, 3.63) is 76.2 Å². The van der Waals surface area contributed by atoms with Crippen LogP contribution in [0, 0.1) is 4.77 Å². The average molecular weight is 483 g/mol. The highest BCUT2D eigenvalue weighted by molar-refractivity contribution is 7.71. The summed E-state index contributed by atoms with van der Waals surface area (Å²) in [6.45, 7) is 3.25. The summed E-state index contributed by atoms with van der Waals surface area (Å²) >= 11 is 11.3. The van der Waals surface area contributed by atoms with Gasteiger partial charge in [0.1, 0.15) is 17.3 Å². The number of hydrogen-bond acceptors (Lipinski definition) is 5. The van der Waals surface area contributed by atoms with E-state index in [-0.39, 0.29) is 12.3 Å². The molecule has 0 aliphatic carbocycles. The monoisotopic (exact) mass is 482 g/mol. The van der Waals surface area contributed by atoms with E-state index in [0.29, 0.717) is 41.1 Å². The summed E-state index contributed by atoms with van der Waals surface area (Å²) in [6, 6.07) is 18.7. The lowest BCUT2D eigenvalue weighted by atomic mass is 10.2. The predicted octanol–water partition coefficient (Wildman–Crippen LogP) is 5.63. The number of benzene rings is 2. The molecule has 0 aliphatic heterocycles. The Bertz CT molecular complexity index is 1280. The van der Waals surface area contributed by atoms with Crippen molar-refractivity contribution >= 4 is 29.7 Å². The lowest BCUT2D eigenvalue weighted by Crippen LogP contribution is -2.23. The van der Waals surface area contributed by atoms with Crippen molar-refractivity contribution in [3.63, 3.8) is 0 Å². The van der Waals surface area contributed by atoms with Gasteiger partial charge in [-0.2, -0.15) is 5.10 Å². The van der Waals surface area contributed by atoms with E-state index >= 15 is 0 Å². The zero-order valence-electron chi connectivity index (χ0n) is 18.0.